The third-order valence-corrected chi connectivity index (χ3v) is 3.16. The molecule has 0 saturated heterocycles. The minimum Gasteiger partial charge on any atom is -0.390 e. The van der Waals surface area contributed by atoms with E-state index in [-0.39, 0.29) is 6.61 Å². The molecule has 0 aromatic carbocycles. The first-order valence-electron chi connectivity index (χ1n) is 5.66. The molecule has 0 fully saturated rings. The van der Waals surface area contributed by atoms with Crippen LogP contribution in [-0.4, -0.2) is 22.7 Å². The Morgan fingerprint density at radius 2 is 2.12 bits per heavy atom. The quantitative estimate of drug-likeness (QED) is 0.863. The smallest absolute Gasteiger partial charge is 0.129 e. The van der Waals surface area contributed by atoms with Crippen LogP contribution in [0.5, 0.6) is 0 Å². The van der Waals surface area contributed by atoms with E-state index in [1.165, 1.54) is 0 Å². The van der Waals surface area contributed by atoms with Crippen LogP contribution in [0.15, 0.2) is 12.1 Å². The molecule has 1 heterocycles. The molecule has 0 saturated carbocycles. The highest BCUT2D eigenvalue weighted by Gasteiger charge is 2.13. The Morgan fingerprint density at radius 1 is 1.44 bits per heavy atom. The van der Waals surface area contributed by atoms with Gasteiger partial charge in [0.2, 0.25) is 0 Å². The number of rotatable bonds is 5. The van der Waals surface area contributed by atoms with Gasteiger partial charge in [0, 0.05) is 12.6 Å². The fourth-order valence-corrected chi connectivity index (χ4v) is 1.83. The number of hydrogen-bond donors (Lipinski definition) is 1. The number of hydrogen-bond acceptors (Lipinski definition) is 3. The van der Waals surface area contributed by atoms with Crippen LogP contribution in [0, 0.1) is 0 Å². The van der Waals surface area contributed by atoms with Crippen LogP contribution in [0.2, 0.25) is 5.02 Å². The maximum Gasteiger partial charge on any atom is 0.129 e. The van der Waals surface area contributed by atoms with Crippen molar-refractivity contribution in [2.75, 3.05) is 11.4 Å². The zero-order valence-corrected chi connectivity index (χ0v) is 10.8. The second kappa shape index (κ2) is 6.06. The highest BCUT2D eigenvalue weighted by molar-refractivity contribution is 6.31. The Morgan fingerprint density at radius 3 is 2.62 bits per heavy atom. The summed E-state index contributed by atoms with van der Waals surface area (Å²) < 4.78 is 0. The molecule has 1 N–H and O–H groups in total. The summed E-state index contributed by atoms with van der Waals surface area (Å²) in [5.74, 6) is 0.880. The summed E-state index contributed by atoms with van der Waals surface area (Å²) in [6, 6.07) is 4.13. The molecular formula is C12H19ClN2O. The van der Waals surface area contributed by atoms with Gasteiger partial charge in [-0.1, -0.05) is 18.5 Å². The van der Waals surface area contributed by atoms with Gasteiger partial charge < -0.3 is 10.0 Å². The van der Waals surface area contributed by atoms with Gasteiger partial charge in [-0.25, -0.2) is 4.98 Å². The number of halogens is 1. The van der Waals surface area contributed by atoms with Gasteiger partial charge in [0.05, 0.1) is 17.3 Å². The van der Waals surface area contributed by atoms with Crippen molar-refractivity contribution in [2.24, 2.45) is 0 Å². The number of nitrogens with zero attached hydrogens (tertiary/aromatic N) is 2. The predicted molar refractivity (Wildman–Crippen MR) is 67.9 cm³/mol. The van der Waals surface area contributed by atoms with Crippen molar-refractivity contribution >= 4 is 17.4 Å². The molecular weight excluding hydrogens is 224 g/mol. The van der Waals surface area contributed by atoms with Crippen molar-refractivity contribution in [3.63, 3.8) is 0 Å². The molecule has 3 nitrogen and oxygen atoms in total. The van der Waals surface area contributed by atoms with Crippen molar-refractivity contribution in [3.05, 3.63) is 22.8 Å². The minimum absolute atomic E-state index is 0.120. The van der Waals surface area contributed by atoms with E-state index in [4.69, 9.17) is 16.7 Å². The molecule has 0 aliphatic rings. The SMILES string of the molecule is CCC(C)N(CC)c1ccc(Cl)c(CO)n1. The van der Waals surface area contributed by atoms with Gasteiger partial charge in [0.25, 0.3) is 0 Å². The van der Waals surface area contributed by atoms with Gasteiger partial charge in [0.1, 0.15) is 5.82 Å². The van der Waals surface area contributed by atoms with Gasteiger partial charge in [-0.2, -0.15) is 0 Å². The van der Waals surface area contributed by atoms with Crippen LogP contribution in [0.4, 0.5) is 5.82 Å². The summed E-state index contributed by atoms with van der Waals surface area (Å²) in [5, 5.41) is 9.65. The molecule has 1 unspecified atom stereocenters. The third kappa shape index (κ3) is 2.86. The molecule has 0 amide bonds. The minimum atomic E-state index is -0.120. The summed E-state index contributed by atoms with van der Waals surface area (Å²) in [4.78, 5) is 6.58. The van der Waals surface area contributed by atoms with Crippen molar-refractivity contribution in [2.45, 2.75) is 39.8 Å². The number of pyridine rings is 1. The van der Waals surface area contributed by atoms with Gasteiger partial charge >= 0.3 is 0 Å². The third-order valence-electron chi connectivity index (χ3n) is 2.81. The molecule has 16 heavy (non-hydrogen) atoms. The number of aliphatic hydroxyl groups is 1. The van der Waals surface area contributed by atoms with Crippen molar-refractivity contribution in [3.8, 4) is 0 Å². The van der Waals surface area contributed by atoms with E-state index in [9.17, 15) is 0 Å². The summed E-state index contributed by atoms with van der Waals surface area (Å²) in [5.41, 5.74) is 0.543. The van der Waals surface area contributed by atoms with Gasteiger partial charge in [0.15, 0.2) is 0 Å². The Bertz CT molecular complexity index is 344. The van der Waals surface area contributed by atoms with E-state index >= 15 is 0 Å². The van der Waals surface area contributed by atoms with Crippen LogP contribution in [0.1, 0.15) is 32.9 Å². The first kappa shape index (κ1) is 13.3. The van der Waals surface area contributed by atoms with E-state index in [2.05, 4.69) is 30.7 Å². The average Bonchev–Trinajstić information content (AvgIpc) is 2.31. The highest BCUT2D eigenvalue weighted by Crippen LogP contribution is 2.21. The van der Waals surface area contributed by atoms with Crippen LogP contribution >= 0.6 is 11.6 Å². The molecule has 1 rings (SSSR count). The zero-order chi connectivity index (χ0) is 12.1. The normalized spacial score (nSPS) is 12.6. The van der Waals surface area contributed by atoms with Crippen LogP contribution in [-0.2, 0) is 6.61 Å². The van der Waals surface area contributed by atoms with Crippen molar-refractivity contribution in [1.82, 2.24) is 4.98 Å². The molecule has 0 aliphatic carbocycles. The topological polar surface area (TPSA) is 36.4 Å². The summed E-state index contributed by atoms with van der Waals surface area (Å²) in [7, 11) is 0. The lowest BCUT2D eigenvalue weighted by atomic mass is 10.2. The van der Waals surface area contributed by atoms with Gasteiger partial charge in [-0.3, -0.25) is 0 Å². The lowest BCUT2D eigenvalue weighted by Gasteiger charge is -2.28. The van der Waals surface area contributed by atoms with Crippen molar-refractivity contribution < 1.29 is 5.11 Å². The van der Waals surface area contributed by atoms with Crippen molar-refractivity contribution in [1.29, 1.82) is 0 Å². The van der Waals surface area contributed by atoms with Crippen LogP contribution in [0.3, 0.4) is 0 Å². The van der Waals surface area contributed by atoms with E-state index in [1.807, 2.05) is 6.07 Å². The molecule has 90 valence electrons. The molecule has 0 radical (unpaired) electrons. The largest absolute Gasteiger partial charge is 0.390 e. The lowest BCUT2D eigenvalue weighted by Crippen LogP contribution is -2.33. The first-order valence-corrected chi connectivity index (χ1v) is 6.04. The summed E-state index contributed by atoms with van der Waals surface area (Å²) >= 11 is 5.92. The standard InChI is InChI=1S/C12H19ClN2O/c1-4-9(3)15(5-2)12-7-6-10(13)11(8-16)14-12/h6-7,9,16H,4-5,8H2,1-3H3. The molecule has 4 heteroatoms. The number of anilines is 1. The van der Waals surface area contributed by atoms with E-state index < -0.39 is 0 Å². The molecule has 0 bridgehead atoms. The Labute approximate surface area is 102 Å². The number of aliphatic hydroxyl groups excluding tert-OH is 1. The van der Waals surface area contributed by atoms with Crippen LogP contribution < -0.4 is 4.90 Å². The summed E-state index contributed by atoms with van der Waals surface area (Å²) in [6.07, 6.45) is 1.06. The van der Waals surface area contributed by atoms with E-state index in [1.54, 1.807) is 6.07 Å². The number of aromatic nitrogens is 1. The molecule has 1 aromatic rings. The Balaban J connectivity index is 3.01. The molecule has 0 aliphatic heterocycles. The maximum atomic E-state index is 9.13. The summed E-state index contributed by atoms with van der Waals surface area (Å²) in [6.45, 7) is 7.19. The fourth-order valence-electron chi connectivity index (χ4n) is 1.66. The Kier molecular flexibility index (Phi) is 5.03. The molecule has 0 spiro atoms. The lowest BCUT2D eigenvalue weighted by molar-refractivity contribution is 0.277. The second-order valence-corrected chi connectivity index (χ2v) is 4.21. The molecule has 1 aromatic heterocycles. The Hall–Kier alpha value is -0.800. The van der Waals surface area contributed by atoms with Gasteiger partial charge in [-0.15, -0.1) is 0 Å². The van der Waals surface area contributed by atoms with Gasteiger partial charge in [-0.05, 0) is 32.4 Å². The monoisotopic (exact) mass is 242 g/mol. The maximum absolute atomic E-state index is 9.13. The predicted octanol–water partition coefficient (Wildman–Crippen LogP) is 2.85. The second-order valence-electron chi connectivity index (χ2n) is 3.80. The average molecular weight is 243 g/mol. The fraction of sp³-hybridized carbons (Fsp3) is 0.583. The zero-order valence-electron chi connectivity index (χ0n) is 10.1. The molecule has 1 atom stereocenters. The highest BCUT2D eigenvalue weighted by atomic mass is 35.5. The van der Waals surface area contributed by atoms with Crippen LogP contribution in [0.25, 0.3) is 0 Å². The van der Waals surface area contributed by atoms with E-state index in [0.29, 0.717) is 16.8 Å². The van der Waals surface area contributed by atoms with E-state index in [0.717, 1.165) is 18.8 Å². The first-order chi connectivity index (χ1) is 7.63.